The average molecular weight is 415 g/mol. The molecule has 0 saturated carbocycles. The number of benzene rings is 2. The van der Waals surface area contributed by atoms with E-state index in [9.17, 15) is 9.18 Å². The van der Waals surface area contributed by atoms with Crippen molar-refractivity contribution in [2.24, 2.45) is 0 Å². The maximum Gasteiger partial charge on any atom is 0.180 e. The fourth-order valence-electron chi connectivity index (χ4n) is 3.60. The van der Waals surface area contributed by atoms with Crippen LogP contribution in [0, 0.1) is 5.82 Å². The molecule has 1 aromatic heterocycles. The van der Waals surface area contributed by atoms with Crippen LogP contribution >= 0.6 is 23.2 Å². The largest absolute Gasteiger partial charge is 0.293 e. The summed E-state index contributed by atoms with van der Waals surface area (Å²) in [6.45, 7) is 1.52. The summed E-state index contributed by atoms with van der Waals surface area (Å²) >= 11 is 12.5. The van der Waals surface area contributed by atoms with E-state index in [2.05, 4.69) is 5.10 Å². The lowest BCUT2D eigenvalue weighted by Gasteiger charge is -2.19. The summed E-state index contributed by atoms with van der Waals surface area (Å²) in [4.78, 5) is 12.2. The van der Waals surface area contributed by atoms with Gasteiger partial charge in [-0.05, 0) is 66.8 Å². The maximum atomic E-state index is 13.3. The topological polar surface area (TPSA) is 34.9 Å². The second-order valence-electron chi connectivity index (χ2n) is 6.81. The Morgan fingerprint density at radius 2 is 1.89 bits per heavy atom. The van der Waals surface area contributed by atoms with Crippen LogP contribution in [-0.4, -0.2) is 15.6 Å². The summed E-state index contributed by atoms with van der Waals surface area (Å²) in [6.07, 6.45) is 4.54. The number of carbonyl (C=O) groups is 1. The van der Waals surface area contributed by atoms with Gasteiger partial charge in [0.05, 0.1) is 16.4 Å². The van der Waals surface area contributed by atoms with Crippen LogP contribution in [0.4, 0.5) is 4.39 Å². The summed E-state index contributed by atoms with van der Waals surface area (Å²) in [5.74, 6) is -0.355. The third kappa shape index (κ3) is 3.50. The number of halogens is 3. The first-order valence-electron chi connectivity index (χ1n) is 8.99. The van der Waals surface area contributed by atoms with Crippen LogP contribution in [0.3, 0.4) is 0 Å². The molecule has 0 amide bonds. The van der Waals surface area contributed by atoms with Crippen molar-refractivity contribution >= 4 is 40.6 Å². The fraction of sp³-hybridized carbons (Fsp3) is 0.182. The Kier molecular flexibility index (Phi) is 5.09. The molecule has 0 radical (unpaired) electrons. The minimum absolute atomic E-state index is 0.0804. The lowest BCUT2D eigenvalue weighted by molar-refractivity contribution is 0.101. The number of rotatable bonds is 3. The summed E-state index contributed by atoms with van der Waals surface area (Å²) in [5.41, 5.74) is 4.87. The molecular weight excluding hydrogens is 398 g/mol. The van der Waals surface area contributed by atoms with Gasteiger partial charge < -0.3 is 0 Å². The molecule has 2 aromatic carbocycles. The number of fused-ring (bicyclic) bond motifs is 1. The monoisotopic (exact) mass is 414 g/mol. The molecule has 0 unspecified atom stereocenters. The number of hydrogen-bond acceptors (Lipinski definition) is 2. The molecule has 0 saturated heterocycles. The molecule has 1 aliphatic rings. The highest BCUT2D eigenvalue weighted by Crippen LogP contribution is 2.37. The van der Waals surface area contributed by atoms with Crippen LogP contribution in [0.2, 0.25) is 10.0 Å². The first-order valence-corrected chi connectivity index (χ1v) is 9.74. The van der Waals surface area contributed by atoms with E-state index in [0.717, 1.165) is 41.7 Å². The van der Waals surface area contributed by atoms with Gasteiger partial charge in [0, 0.05) is 17.5 Å². The Labute approximate surface area is 172 Å². The van der Waals surface area contributed by atoms with Gasteiger partial charge in [-0.2, -0.15) is 5.10 Å². The molecule has 0 N–H and O–H groups in total. The molecule has 142 valence electrons. The Bertz CT molecular complexity index is 1100. The predicted molar refractivity (Wildman–Crippen MR) is 111 cm³/mol. The molecule has 0 spiro atoms. The molecule has 0 atom stereocenters. The van der Waals surface area contributed by atoms with E-state index in [0.29, 0.717) is 21.4 Å². The van der Waals surface area contributed by atoms with Gasteiger partial charge in [-0.3, -0.25) is 4.79 Å². The van der Waals surface area contributed by atoms with E-state index < -0.39 is 0 Å². The third-order valence-corrected chi connectivity index (χ3v) is 5.38. The van der Waals surface area contributed by atoms with E-state index in [1.54, 1.807) is 35.0 Å². The van der Waals surface area contributed by atoms with E-state index in [1.165, 1.54) is 19.1 Å². The third-order valence-electron chi connectivity index (χ3n) is 4.84. The van der Waals surface area contributed by atoms with Gasteiger partial charge in [0.25, 0.3) is 0 Å². The van der Waals surface area contributed by atoms with Gasteiger partial charge in [0.15, 0.2) is 5.78 Å². The summed E-state index contributed by atoms with van der Waals surface area (Å²) < 4.78 is 15.0. The van der Waals surface area contributed by atoms with Gasteiger partial charge in [-0.1, -0.05) is 35.3 Å². The van der Waals surface area contributed by atoms with Crippen LogP contribution in [0.25, 0.3) is 17.3 Å². The Morgan fingerprint density at radius 3 is 2.57 bits per heavy atom. The lowest BCUT2D eigenvalue weighted by Crippen LogP contribution is -2.08. The Hall–Kier alpha value is -2.43. The fourth-order valence-corrected chi connectivity index (χ4v) is 4.09. The highest BCUT2D eigenvalue weighted by Gasteiger charge is 2.27. The normalized spacial score (nSPS) is 14.9. The first kappa shape index (κ1) is 18.9. The molecule has 3 nitrogen and oxygen atoms in total. The summed E-state index contributed by atoms with van der Waals surface area (Å²) in [7, 11) is 0. The second kappa shape index (κ2) is 7.53. The SMILES string of the molecule is CC(=O)c1nn(-c2ccc(Cl)cc2Cl)c2c1CCC/C2=C\c1ccc(F)cc1. The zero-order valence-electron chi connectivity index (χ0n) is 15.2. The van der Waals surface area contributed by atoms with E-state index in [4.69, 9.17) is 23.2 Å². The molecule has 6 heteroatoms. The maximum absolute atomic E-state index is 13.3. The van der Waals surface area contributed by atoms with Crippen molar-refractivity contribution < 1.29 is 9.18 Å². The lowest BCUT2D eigenvalue weighted by atomic mass is 9.89. The van der Waals surface area contributed by atoms with Crippen molar-refractivity contribution in [3.05, 3.63) is 80.8 Å². The van der Waals surface area contributed by atoms with Crippen molar-refractivity contribution in [3.8, 4) is 5.69 Å². The Morgan fingerprint density at radius 1 is 1.14 bits per heavy atom. The zero-order valence-corrected chi connectivity index (χ0v) is 16.7. The van der Waals surface area contributed by atoms with Crippen LogP contribution in [0.5, 0.6) is 0 Å². The molecule has 1 aliphatic carbocycles. The van der Waals surface area contributed by atoms with Gasteiger partial charge in [-0.25, -0.2) is 9.07 Å². The standard InChI is InChI=1S/C22H17Cl2FN2O/c1-13(28)21-18-4-2-3-15(11-14-5-8-17(25)9-6-14)22(18)27(26-21)20-10-7-16(23)12-19(20)24/h5-12H,2-4H2,1H3/b15-11+. The molecule has 28 heavy (non-hydrogen) atoms. The van der Waals surface area contributed by atoms with E-state index in [1.807, 2.05) is 6.08 Å². The van der Waals surface area contributed by atoms with Crippen LogP contribution in [0.15, 0.2) is 42.5 Å². The molecule has 0 bridgehead atoms. The molecule has 0 aliphatic heterocycles. The highest BCUT2D eigenvalue weighted by atomic mass is 35.5. The van der Waals surface area contributed by atoms with Crippen molar-refractivity contribution in [2.75, 3.05) is 0 Å². The molecule has 0 fully saturated rings. The number of aromatic nitrogens is 2. The highest BCUT2D eigenvalue weighted by molar-refractivity contribution is 6.35. The van der Waals surface area contributed by atoms with Crippen LogP contribution < -0.4 is 0 Å². The molecule has 3 aromatic rings. The average Bonchev–Trinajstić information content (AvgIpc) is 3.04. The van der Waals surface area contributed by atoms with Crippen LogP contribution in [0.1, 0.15) is 47.1 Å². The minimum atomic E-state index is -0.275. The number of hydrogen-bond donors (Lipinski definition) is 0. The molecule has 4 rings (SSSR count). The second-order valence-corrected chi connectivity index (χ2v) is 7.66. The van der Waals surface area contributed by atoms with E-state index in [-0.39, 0.29) is 11.6 Å². The van der Waals surface area contributed by atoms with Gasteiger partial charge in [0.2, 0.25) is 0 Å². The molecular formula is C22H17Cl2FN2O. The van der Waals surface area contributed by atoms with Crippen molar-refractivity contribution in [1.29, 1.82) is 0 Å². The zero-order chi connectivity index (χ0) is 19.8. The predicted octanol–water partition coefficient (Wildman–Crippen LogP) is 6.40. The van der Waals surface area contributed by atoms with E-state index >= 15 is 0 Å². The number of ketones is 1. The van der Waals surface area contributed by atoms with Crippen molar-refractivity contribution in [2.45, 2.75) is 26.2 Å². The molecule has 1 heterocycles. The number of allylic oxidation sites excluding steroid dienone is 1. The summed E-state index contributed by atoms with van der Waals surface area (Å²) in [6, 6.07) is 11.5. The minimum Gasteiger partial charge on any atom is -0.293 e. The summed E-state index contributed by atoms with van der Waals surface area (Å²) in [5, 5.41) is 5.59. The number of carbonyl (C=O) groups excluding carboxylic acids is 1. The quantitative estimate of drug-likeness (QED) is 0.464. The first-order chi connectivity index (χ1) is 13.4. The van der Waals surface area contributed by atoms with Crippen molar-refractivity contribution in [1.82, 2.24) is 9.78 Å². The smallest absolute Gasteiger partial charge is 0.180 e. The van der Waals surface area contributed by atoms with Gasteiger partial charge >= 0.3 is 0 Å². The van der Waals surface area contributed by atoms with Crippen molar-refractivity contribution in [3.63, 3.8) is 0 Å². The van der Waals surface area contributed by atoms with Gasteiger partial charge in [-0.15, -0.1) is 0 Å². The Balaban J connectivity index is 1.94. The van der Waals surface area contributed by atoms with Gasteiger partial charge in [0.1, 0.15) is 11.5 Å². The van der Waals surface area contributed by atoms with Crippen LogP contribution in [-0.2, 0) is 6.42 Å². The number of nitrogens with zero attached hydrogens (tertiary/aromatic N) is 2. The number of Topliss-reactive ketones (excluding diaryl/α,β-unsaturated/α-hetero) is 1.